The van der Waals surface area contributed by atoms with Gasteiger partial charge in [-0.15, -0.1) is 0 Å². The average Bonchev–Trinajstić information content (AvgIpc) is 2.30. The number of nitrogens with one attached hydrogen (secondary N) is 1. The Morgan fingerprint density at radius 3 is 3.00 bits per heavy atom. The van der Waals surface area contributed by atoms with Crippen molar-refractivity contribution in [2.45, 2.75) is 13.3 Å². The number of nitrogens with zero attached hydrogens (tertiary/aromatic N) is 4. The summed E-state index contributed by atoms with van der Waals surface area (Å²) in [6.45, 7) is 2.95. The molecule has 1 aromatic rings. The second-order valence-corrected chi connectivity index (χ2v) is 3.79. The lowest BCUT2D eigenvalue weighted by Crippen LogP contribution is -2.17. The van der Waals surface area contributed by atoms with E-state index in [0.717, 1.165) is 18.8 Å². The quantitative estimate of drug-likeness (QED) is 0.854. The van der Waals surface area contributed by atoms with Crippen LogP contribution in [0.1, 0.15) is 13.3 Å². The monoisotopic (exact) mass is 237 g/mol. The molecule has 0 aliphatic carbocycles. The SMILES string of the molecule is CCC1C=CC(Nc2ncnc(Cl)n2)=NC1. The third kappa shape index (κ3) is 2.76. The Labute approximate surface area is 98.7 Å². The van der Waals surface area contributed by atoms with Crippen LogP contribution in [-0.2, 0) is 0 Å². The van der Waals surface area contributed by atoms with Crippen molar-refractivity contribution in [3.63, 3.8) is 0 Å². The van der Waals surface area contributed by atoms with Gasteiger partial charge in [-0.3, -0.25) is 4.99 Å². The van der Waals surface area contributed by atoms with E-state index in [2.05, 4.69) is 38.3 Å². The third-order valence-electron chi connectivity index (χ3n) is 2.33. The van der Waals surface area contributed by atoms with Crippen LogP contribution in [0.4, 0.5) is 5.95 Å². The van der Waals surface area contributed by atoms with Gasteiger partial charge in [-0.2, -0.15) is 4.98 Å². The number of hydrogen-bond acceptors (Lipinski definition) is 5. The minimum absolute atomic E-state index is 0.171. The molecule has 2 heterocycles. The zero-order valence-corrected chi connectivity index (χ0v) is 9.65. The minimum Gasteiger partial charge on any atom is -0.309 e. The van der Waals surface area contributed by atoms with E-state index >= 15 is 0 Å². The van der Waals surface area contributed by atoms with Crippen LogP contribution < -0.4 is 5.32 Å². The molecule has 0 spiro atoms. The summed E-state index contributed by atoms with van der Waals surface area (Å²) in [7, 11) is 0. The Hall–Kier alpha value is -1.49. The molecule has 1 aromatic heterocycles. The Kier molecular flexibility index (Phi) is 3.46. The van der Waals surface area contributed by atoms with Crippen molar-refractivity contribution < 1.29 is 0 Å². The molecule has 1 aliphatic heterocycles. The third-order valence-corrected chi connectivity index (χ3v) is 2.51. The van der Waals surface area contributed by atoms with Gasteiger partial charge in [-0.1, -0.05) is 13.0 Å². The molecule has 1 atom stereocenters. The van der Waals surface area contributed by atoms with E-state index in [1.165, 1.54) is 6.33 Å². The number of aromatic nitrogens is 3. The van der Waals surface area contributed by atoms with Crippen molar-refractivity contribution in [2.24, 2.45) is 10.9 Å². The van der Waals surface area contributed by atoms with Crippen molar-refractivity contribution in [3.05, 3.63) is 23.8 Å². The first-order valence-electron chi connectivity index (χ1n) is 5.12. The minimum atomic E-state index is 0.171. The fraction of sp³-hybridized carbons (Fsp3) is 0.400. The number of dihydropyridines is 1. The largest absolute Gasteiger partial charge is 0.309 e. The van der Waals surface area contributed by atoms with Crippen molar-refractivity contribution in [1.29, 1.82) is 0 Å². The molecule has 0 saturated carbocycles. The summed E-state index contributed by atoms with van der Waals surface area (Å²) in [5, 5.41) is 3.15. The standard InChI is InChI=1S/C10H12ClN5/c1-2-7-3-4-8(12-5-7)15-10-14-6-13-9(11)16-10/h3-4,6-7H,2,5H2,1H3,(H,12,13,14,15,16). The van der Waals surface area contributed by atoms with Crippen LogP contribution in [0.2, 0.25) is 5.28 Å². The first kappa shape index (κ1) is 11.0. The molecule has 16 heavy (non-hydrogen) atoms. The highest BCUT2D eigenvalue weighted by atomic mass is 35.5. The van der Waals surface area contributed by atoms with Gasteiger partial charge in [0.15, 0.2) is 0 Å². The Balaban J connectivity index is 2.02. The van der Waals surface area contributed by atoms with Crippen molar-refractivity contribution in [3.8, 4) is 0 Å². The molecule has 1 N–H and O–H groups in total. The van der Waals surface area contributed by atoms with Gasteiger partial charge in [0.1, 0.15) is 12.2 Å². The zero-order chi connectivity index (χ0) is 11.4. The topological polar surface area (TPSA) is 63.1 Å². The highest BCUT2D eigenvalue weighted by Gasteiger charge is 2.08. The predicted octanol–water partition coefficient (Wildman–Crippen LogP) is 1.93. The number of rotatable bonds is 2. The van der Waals surface area contributed by atoms with Gasteiger partial charge < -0.3 is 5.32 Å². The van der Waals surface area contributed by atoms with E-state index < -0.39 is 0 Å². The van der Waals surface area contributed by atoms with Gasteiger partial charge in [0.05, 0.1) is 0 Å². The van der Waals surface area contributed by atoms with Crippen molar-refractivity contribution in [1.82, 2.24) is 15.0 Å². The molecule has 0 aromatic carbocycles. The van der Waals surface area contributed by atoms with Gasteiger partial charge in [0.2, 0.25) is 11.2 Å². The number of hydrogen-bond donors (Lipinski definition) is 1. The molecule has 0 fully saturated rings. The molecular formula is C10H12ClN5. The van der Waals surface area contributed by atoms with Crippen LogP contribution in [0.3, 0.4) is 0 Å². The molecule has 0 amide bonds. The summed E-state index contributed by atoms with van der Waals surface area (Å²) < 4.78 is 0. The Bertz CT molecular complexity index is 429. The summed E-state index contributed by atoms with van der Waals surface area (Å²) in [4.78, 5) is 15.9. The molecule has 84 valence electrons. The van der Waals surface area contributed by atoms with Gasteiger partial charge in [0.25, 0.3) is 0 Å². The lowest BCUT2D eigenvalue weighted by atomic mass is 10.0. The normalized spacial score (nSPS) is 19.4. The lowest BCUT2D eigenvalue weighted by molar-refractivity contribution is 0.636. The second-order valence-electron chi connectivity index (χ2n) is 3.46. The lowest BCUT2D eigenvalue weighted by Gasteiger charge is -2.13. The highest BCUT2D eigenvalue weighted by molar-refractivity contribution is 6.28. The average molecular weight is 238 g/mol. The Morgan fingerprint density at radius 2 is 2.38 bits per heavy atom. The smallest absolute Gasteiger partial charge is 0.232 e. The van der Waals surface area contributed by atoms with Gasteiger partial charge in [0, 0.05) is 6.54 Å². The maximum atomic E-state index is 5.65. The first-order chi connectivity index (χ1) is 7.78. The molecule has 2 rings (SSSR count). The van der Waals surface area contributed by atoms with E-state index in [4.69, 9.17) is 11.6 Å². The number of amidine groups is 1. The number of halogens is 1. The molecular weight excluding hydrogens is 226 g/mol. The van der Waals surface area contributed by atoms with Gasteiger partial charge >= 0.3 is 0 Å². The molecule has 1 unspecified atom stereocenters. The maximum Gasteiger partial charge on any atom is 0.232 e. The number of aliphatic imine (C=N–C) groups is 1. The van der Waals surface area contributed by atoms with E-state index in [1.54, 1.807) is 0 Å². The van der Waals surface area contributed by atoms with Gasteiger partial charge in [-0.05, 0) is 30.0 Å². The summed E-state index contributed by atoms with van der Waals surface area (Å²) in [6, 6.07) is 0. The van der Waals surface area contributed by atoms with Crippen LogP contribution >= 0.6 is 11.6 Å². The van der Waals surface area contributed by atoms with Crippen LogP contribution in [0, 0.1) is 5.92 Å². The van der Waals surface area contributed by atoms with Crippen molar-refractivity contribution >= 4 is 23.4 Å². The maximum absolute atomic E-state index is 5.65. The van der Waals surface area contributed by atoms with Crippen LogP contribution in [-0.4, -0.2) is 27.3 Å². The van der Waals surface area contributed by atoms with Crippen LogP contribution in [0.5, 0.6) is 0 Å². The molecule has 0 bridgehead atoms. The molecule has 0 radical (unpaired) electrons. The highest BCUT2D eigenvalue weighted by Crippen LogP contribution is 2.11. The van der Waals surface area contributed by atoms with E-state index in [9.17, 15) is 0 Å². The molecule has 1 aliphatic rings. The van der Waals surface area contributed by atoms with E-state index in [0.29, 0.717) is 11.9 Å². The van der Waals surface area contributed by atoms with Crippen LogP contribution in [0.15, 0.2) is 23.5 Å². The van der Waals surface area contributed by atoms with Crippen LogP contribution in [0.25, 0.3) is 0 Å². The first-order valence-corrected chi connectivity index (χ1v) is 5.50. The summed E-state index contributed by atoms with van der Waals surface area (Å²) in [5.74, 6) is 1.71. The fourth-order valence-electron chi connectivity index (χ4n) is 1.35. The zero-order valence-electron chi connectivity index (χ0n) is 8.89. The predicted molar refractivity (Wildman–Crippen MR) is 63.7 cm³/mol. The Morgan fingerprint density at radius 1 is 1.50 bits per heavy atom. The van der Waals surface area contributed by atoms with E-state index in [-0.39, 0.29) is 5.28 Å². The summed E-state index contributed by atoms with van der Waals surface area (Å²) in [5.41, 5.74) is 0. The molecule has 5 nitrogen and oxygen atoms in total. The molecule has 6 heteroatoms. The fourth-order valence-corrected chi connectivity index (χ4v) is 1.48. The summed E-state index contributed by atoms with van der Waals surface area (Å²) >= 11 is 5.65. The second kappa shape index (κ2) is 5.03. The van der Waals surface area contributed by atoms with E-state index in [1.807, 2.05) is 6.08 Å². The molecule has 0 saturated heterocycles. The van der Waals surface area contributed by atoms with Gasteiger partial charge in [-0.25, -0.2) is 9.97 Å². The summed E-state index contributed by atoms with van der Waals surface area (Å²) in [6.07, 6.45) is 6.54. The number of anilines is 1. The van der Waals surface area contributed by atoms with Crippen molar-refractivity contribution in [2.75, 3.05) is 11.9 Å².